The summed E-state index contributed by atoms with van der Waals surface area (Å²) in [5.41, 5.74) is 0.0515. The van der Waals surface area contributed by atoms with E-state index in [1.54, 1.807) is 6.92 Å². The fourth-order valence-corrected chi connectivity index (χ4v) is 1.83. The second kappa shape index (κ2) is 5.40. The van der Waals surface area contributed by atoms with Gasteiger partial charge in [0.2, 0.25) is 0 Å². The Morgan fingerprint density at radius 1 is 0.950 bits per heavy atom. The molecule has 20 heavy (non-hydrogen) atoms. The lowest BCUT2D eigenvalue weighted by molar-refractivity contribution is 0.459. The lowest BCUT2D eigenvalue weighted by atomic mass is 10.1. The molecule has 2 aromatic carbocycles. The van der Waals surface area contributed by atoms with E-state index < -0.39 is 29.3 Å². The Morgan fingerprint density at radius 3 is 2.25 bits per heavy atom. The molecule has 0 radical (unpaired) electrons. The van der Waals surface area contributed by atoms with E-state index in [0.717, 1.165) is 12.1 Å². The van der Waals surface area contributed by atoms with Crippen molar-refractivity contribution in [1.29, 1.82) is 0 Å². The van der Waals surface area contributed by atoms with Crippen molar-refractivity contribution in [2.75, 3.05) is 5.32 Å². The van der Waals surface area contributed by atoms with E-state index in [9.17, 15) is 22.7 Å². The topological polar surface area (TPSA) is 32.3 Å². The molecule has 0 aliphatic heterocycles. The van der Waals surface area contributed by atoms with Gasteiger partial charge in [0.1, 0.15) is 17.4 Å². The summed E-state index contributed by atoms with van der Waals surface area (Å²) < 4.78 is 52.2. The van der Waals surface area contributed by atoms with Crippen molar-refractivity contribution in [3.05, 3.63) is 59.2 Å². The lowest BCUT2D eigenvalue weighted by Gasteiger charge is -2.17. The molecule has 2 aromatic rings. The zero-order valence-electron chi connectivity index (χ0n) is 10.4. The molecule has 0 aromatic heterocycles. The van der Waals surface area contributed by atoms with Crippen LogP contribution in [0.25, 0.3) is 0 Å². The van der Waals surface area contributed by atoms with E-state index in [1.165, 1.54) is 6.07 Å². The molecule has 0 fully saturated rings. The van der Waals surface area contributed by atoms with Crippen LogP contribution in [0, 0.1) is 23.3 Å². The molecule has 6 heteroatoms. The molecule has 0 aliphatic carbocycles. The molecule has 0 bridgehead atoms. The first-order valence-electron chi connectivity index (χ1n) is 5.78. The molecule has 2 N–H and O–H groups in total. The lowest BCUT2D eigenvalue weighted by Crippen LogP contribution is -2.09. The largest absolute Gasteiger partial charge is 0.507 e. The molecule has 1 unspecified atom stereocenters. The molecular formula is C14H11F4NO. The molecule has 0 amide bonds. The molecule has 0 saturated heterocycles. The molecule has 0 heterocycles. The summed E-state index contributed by atoms with van der Waals surface area (Å²) in [6, 6.07) is 3.84. The zero-order chi connectivity index (χ0) is 14.9. The monoisotopic (exact) mass is 285 g/mol. The molecular weight excluding hydrogens is 274 g/mol. The van der Waals surface area contributed by atoms with Gasteiger partial charge in [-0.05, 0) is 13.0 Å². The second-order valence-electron chi connectivity index (χ2n) is 4.32. The molecule has 2 nitrogen and oxygen atoms in total. The van der Waals surface area contributed by atoms with E-state index in [-0.39, 0.29) is 11.4 Å². The normalized spacial score (nSPS) is 12.2. The number of nitrogens with one attached hydrogen (secondary N) is 1. The van der Waals surface area contributed by atoms with Crippen molar-refractivity contribution in [2.24, 2.45) is 0 Å². The third kappa shape index (κ3) is 2.84. The maximum absolute atomic E-state index is 13.5. The van der Waals surface area contributed by atoms with Crippen LogP contribution < -0.4 is 5.32 Å². The van der Waals surface area contributed by atoms with Gasteiger partial charge in [-0.15, -0.1) is 0 Å². The first-order chi connectivity index (χ1) is 9.38. The average molecular weight is 285 g/mol. The summed E-state index contributed by atoms with van der Waals surface area (Å²) in [5, 5.41) is 12.2. The van der Waals surface area contributed by atoms with Crippen LogP contribution in [0.1, 0.15) is 18.5 Å². The summed E-state index contributed by atoms with van der Waals surface area (Å²) in [7, 11) is 0. The van der Waals surface area contributed by atoms with Gasteiger partial charge in [0, 0.05) is 23.8 Å². The van der Waals surface area contributed by atoms with Crippen LogP contribution in [-0.2, 0) is 0 Å². The quantitative estimate of drug-likeness (QED) is 0.656. The number of benzene rings is 2. The number of hydrogen-bond acceptors (Lipinski definition) is 2. The van der Waals surface area contributed by atoms with Crippen LogP contribution in [0.4, 0.5) is 23.2 Å². The van der Waals surface area contributed by atoms with Gasteiger partial charge in [-0.25, -0.2) is 17.6 Å². The van der Waals surface area contributed by atoms with Crippen molar-refractivity contribution in [2.45, 2.75) is 13.0 Å². The fourth-order valence-electron chi connectivity index (χ4n) is 1.83. The highest BCUT2D eigenvalue weighted by molar-refractivity contribution is 5.49. The highest BCUT2D eigenvalue weighted by Crippen LogP contribution is 2.29. The Hall–Kier alpha value is -2.24. The van der Waals surface area contributed by atoms with Gasteiger partial charge in [-0.1, -0.05) is 6.07 Å². The second-order valence-corrected chi connectivity index (χ2v) is 4.32. The van der Waals surface area contributed by atoms with Crippen molar-refractivity contribution in [3.63, 3.8) is 0 Å². The molecule has 0 aliphatic rings. The van der Waals surface area contributed by atoms with Gasteiger partial charge in [0.05, 0.1) is 11.7 Å². The predicted molar refractivity (Wildman–Crippen MR) is 66.4 cm³/mol. The minimum absolute atomic E-state index is 0.250. The van der Waals surface area contributed by atoms with Gasteiger partial charge < -0.3 is 10.4 Å². The first-order valence-corrected chi connectivity index (χ1v) is 5.78. The third-order valence-electron chi connectivity index (χ3n) is 2.84. The van der Waals surface area contributed by atoms with E-state index in [1.807, 2.05) is 0 Å². The zero-order valence-corrected chi connectivity index (χ0v) is 10.4. The standard InChI is InChI=1S/C14H11F4NO/c1-7(9-3-2-8(15)4-14(9)20)19-13-6-11(17)10(16)5-12(13)18/h2-7,19-20H,1H3. The summed E-state index contributed by atoms with van der Waals surface area (Å²) in [5.74, 6) is -4.36. The Balaban J connectivity index is 2.27. The Labute approximate surface area is 112 Å². The van der Waals surface area contributed by atoms with E-state index in [4.69, 9.17) is 0 Å². The van der Waals surface area contributed by atoms with Crippen LogP contribution in [0.15, 0.2) is 30.3 Å². The van der Waals surface area contributed by atoms with Crippen LogP contribution in [0.5, 0.6) is 5.75 Å². The van der Waals surface area contributed by atoms with Crippen molar-refractivity contribution < 1.29 is 22.7 Å². The Kier molecular flexibility index (Phi) is 3.83. The van der Waals surface area contributed by atoms with Crippen molar-refractivity contribution in [3.8, 4) is 5.75 Å². The van der Waals surface area contributed by atoms with Crippen LogP contribution in [-0.4, -0.2) is 5.11 Å². The van der Waals surface area contributed by atoms with Crippen LogP contribution in [0.2, 0.25) is 0 Å². The van der Waals surface area contributed by atoms with Gasteiger partial charge >= 0.3 is 0 Å². The maximum atomic E-state index is 13.5. The van der Waals surface area contributed by atoms with Crippen LogP contribution >= 0.6 is 0 Å². The minimum atomic E-state index is -1.29. The van der Waals surface area contributed by atoms with Gasteiger partial charge in [-0.2, -0.15) is 0 Å². The van der Waals surface area contributed by atoms with E-state index in [2.05, 4.69) is 5.32 Å². The summed E-state index contributed by atoms with van der Waals surface area (Å²) in [6.45, 7) is 1.56. The number of halogens is 4. The van der Waals surface area contributed by atoms with Gasteiger partial charge in [0.25, 0.3) is 0 Å². The fraction of sp³-hybridized carbons (Fsp3) is 0.143. The molecule has 0 saturated carbocycles. The first kappa shape index (κ1) is 14.2. The van der Waals surface area contributed by atoms with Gasteiger partial charge in [0.15, 0.2) is 11.6 Å². The summed E-state index contributed by atoms with van der Waals surface area (Å²) in [4.78, 5) is 0. The number of phenols is 1. The van der Waals surface area contributed by atoms with E-state index >= 15 is 0 Å². The number of hydrogen-bond donors (Lipinski definition) is 2. The highest BCUT2D eigenvalue weighted by Gasteiger charge is 2.15. The SMILES string of the molecule is CC(Nc1cc(F)c(F)cc1F)c1ccc(F)cc1O. The van der Waals surface area contributed by atoms with Crippen molar-refractivity contribution in [1.82, 2.24) is 0 Å². The van der Waals surface area contributed by atoms with Crippen molar-refractivity contribution >= 4 is 5.69 Å². The average Bonchev–Trinajstić information content (AvgIpc) is 2.35. The van der Waals surface area contributed by atoms with Gasteiger partial charge in [-0.3, -0.25) is 0 Å². The Bertz CT molecular complexity index is 645. The molecule has 1 atom stereocenters. The predicted octanol–water partition coefficient (Wildman–Crippen LogP) is 4.12. The number of rotatable bonds is 3. The number of anilines is 1. The highest BCUT2D eigenvalue weighted by atomic mass is 19.2. The summed E-state index contributed by atoms with van der Waals surface area (Å²) >= 11 is 0. The number of aromatic hydroxyl groups is 1. The maximum Gasteiger partial charge on any atom is 0.161 e. The molecule has 0 spiro atoms. The van der Waals surface area contributed by atoms with Crippen LogP contribution in [0.3, 0.4) is 0 Å². The minimum Gasteiger partial charge on any atom is -0.507 e. The molecule has 2 rings (SSSR count). The Morgan fingerprint density at radius 2 is 1.60 bits per heavy atom. The smallest absolute Gasteiger partial charge is 0.161 e. The van der Waals surface area contributed by atoms with E-state index in [0.29, 0.717) is 17.7 Å². The molecule has 106 valence electrons. The summed E-state index contributed by atoms with van der Waals surface area (Å²) in [6.07, 6.45) is 0. The third-order valence-corrected chi connectivity index (χ3v) is 2.84. The number of phenolic OH excluding ortho intramolecular Hbond substituents is 1.